The summed E-state index contributed by atoms with van der Waals surface area (Å²) in [6.45, 7) is 10.9. The van der Waals surface area contributed by atoms with Gasteiger partial charge in [0.2, 0.25) is 0 Å². The molecule has 4 unspecified atom stereocenters. The van der Waals surface area contributed by atoms with Gasteiger partial charge in [0.1, 0.15) is 0 Å². The van der Waals surface area contributed by atoms with Gasteiger partial charge in [0, 0.05) is 0 Å². The minimum atomic E-state index is -0.899. The van der Waals surface area contributed by atoms with Crippen LogP contribution < -0.4 is 0 Å². The van der Waals surface area contributed by atoms with Crippen molar-refractivity contribution in [1.29, 1.82) is 0 Å². The molecule has 4 aliphatic carbocycles. The van der Waals surface area contributed by atoms with Gasteiger partial charge in [-0.3, -0.25) is 9.59 Å². The quantitative estimate of drug-likeness (QED) is 0.394. The number of rotatable bonds is 7. The lowest BCUT2D eigenvalue weighted by molar-refractivity contribution is -0.176. The normalized spacial score (nSPS) is 43.6. The number of esters is 2. The van der Waals surface area contributed by atoms with Crippen LogP contribution in [0.2, 0.25) is 0 Å². The van der Waals surface area contributed by atoms with Crippen molar-refractivity contribution in [1.82, 2.24) is 0 Å². The Morgan fingerprint density at radius 1 is 0.914 bits per heavy atom. The highest BCUT2D eigenvalue weighted by Crippen LogP contribution is 2.68. The molecular formula is C29H48O6. The summed E-state index contributed by atoms with van der Waals surface area (Å²) in [6.07, 6.45) is 8.09. The molecule has 200 valence electrons. The van der Waals surface area contributed by atoms with E-state index in [-0.39, 0.29) is 48.1 Å². The maximum atomic E-state index is 12.6. The summed E-state index contributed by atoms with van der Waals surface area (Å²) >= 11 is 0. The molecule has 0 aromatic rings. The molecule has 0 bridgehead atoms. The lowest BCUT2D eigenvalue weighted by Gasteiger charge is -2.62. The smallest absolute Gasteiger partial charge is 0.320 e. The molecule has 35 heavy (non-hydrogen) atoms. The van der Waals surface area contributed by atoms with Crippen molar-refractivity contribution in [3.8, 4) is 0 Å². The first-order valence-electron chi connectivity index (χ1n) is 14.3. The fourth-order valence-corrected chi connectivity index (χ4v) is 9.47. The summed E-state index contributed by atoms with van der Waals surface area (Å²) in [6, 6.07) is 0. The lowest BCUT2D eigenvalue weighted by atomic mass is 9.43. The zero-order valence-electron chi connectivity index (χ0n) is 22.5. The minimum Gasteiger partial charge on any atom is -0.465 e. The average Bonchev–Trinajstić information content (AvgIpc) is 3.17. The molecule has 0 heterocycles. The number of carbonyl (C=O) groups is 2. The van der Waals surface area contributed by atoms with Crippen molar-refractivity contribution in [2.75, 3.05) is 13.2 Å². The Kier molecular flexibility index (Phi) is 7.93. The van der Waals surface area contributed by atoms with Gasteiger partial charge in [0.15, 0.2) is 5.92 Å². The molecule has 4 aliphatic rings. The van der Waals surface area contributed by atoms with Crippen LogP contribution in [0.15, 0.2) is 0 Å². The third-order valence-electron chi connectivity index (χ3n) is 11.3. The predicted molar refractivity (Wildman–Crippen MR) is 133 cm³/mol. The summed E-state index contributed by atoms with van der Waals surface area (Å²) in [5.41, 5.74) is 0.0128. The largest absolute Gasteiger partial charge is 0.465 e. The zero-order chi connectivity index (χ0) is 25.5. The predicted octanol–water partition coefficient (Wildman–Crippen LogP) is 4.75. The highest BCUT2D eigenvalue weighted by molar-refractivity contribution is 5.94. The van der Waals surface area contributed by atoms with E-state index >= 15 is 0 Å². The molecule has 0 aliphatic heterocycles. The van der Waals surface area contributed by atoms with Gasteiger partial charge >= 0.3 is 11.9 Å². The molecule has 2 N–H and O–H groups in total. The number of carbonyl (C=O) groups excluding carboxylic acids is 2. The molecule has 0 saturated heterocycles. The van der Waals surface area contributed by atoms with Crippen molar-refractivity contribution in [3.63, 3.8) is 0 Å². The van der Waals surface area contributed by atoms with Crippen molar-refractivity contribution in [2.45, 2.75) is 105 Å². The molecule has 0 radical (unpaired) electrons. The Labute approximate surface area is 211 Å². The second kappa shape index (κ2) is 10.3. The maximum absolute atomic E-state index is 12.6. The van der Waals surface area contributed by atoms with Gasteiger partial charge in [-0.1, -0.05) is 20.8 Å². The van der Waals surface area contributed by atoms with Crippen molar-refractivity contribution >= 4 is 11.9 Å². The SMILES string of the molecule is CCOC(=O)C(CC(C)[C@H]1CCC2C3CC[C@@H]4C[C@H](O)CC[C@]4(C)C3C[C@H](O)[C@@]21C)C(=O)OCC. The van der Waals surface area contributed by atoms with Crippen LogP contribution in [0, 0.1) is 52.3 Å². The van der Waals surface area contributed by atoms with E-state index in [0.717, 1.165) is 38.5 Å². The summed E-state index contributed by atoms with van der Waals surface area (Å²) < 4.78 is 10.4. The van der Waals surface area contributed by atoms with Gasteiger partial charge in [-0.15, -0.1) is 0 Å². The Hall–Kier alpha value is -1.14. The average molecular weight is 493 g/mol. The number of aliphatic hydroxyl groups excluding tert-OH is 2. The topological polar surface area (TPSA) is 93.1 Å². The van der Waals surface area contributed by atoms with E-state index in [4.69, 9.17) is 9.47 Å². The summed E-state index contributed by atoms with van der Waals surface area (Å²) in [7, 11) is 0. The summed E-state index contributed by atoms with van der Waals surface area (Å²) in [4.78, 5) is 25.3. The Balaban J connectivity index is 1.53. The van der Waals surface area contributed by atoms with Gasteiger partial charge < -0.3 is 19.7 Å². The second-order valence-electron chi connectivity index (χ2n) is 12.7. The van der Waals surface area contributed by atoms with Crippen molar-refractivity contribution < 1.29 is 29.3 Å². The molecule has 10 atom stereocenters. The third kappa shape index (κ3) is 4.56. The van der Waals surface area contributed by atoms with E-state index in [9.17, 15) is 19.8 Å². The molecular weight excluding hydrogens is 444 g/mol. The van der Waals surface area contributed by atoms with Gasteiger partial charge in [-0.2, -0.15) is 0 Å². The lowest BCUT2D eigenvalue weighted by Crippen LogP contribution is -2.58. The van der Waals surface area contributed by atoms with E-state index in [2.05, 4.69) is 20.8 Å². The Morgan fingerprint density at radius 3 is 2.20 bits per heavy atom. The van der Waals surface area contributed by atoms with Crippen LogP contribution in [0.4, 0.5) is 0 Å². The molecule has 0 spiro atoms. The Morgan fingerprint density at radius 2 is 1.57 bits per heavy atom. The highest BCUT2D eigenvalue weighted by atomic mass is 16.6. The number of aliphatic hydroxyl groups is 2. The third-order valence-corrected chi connectivity index (χ3v) is 11.3. The van der Waals surface area contributed by atoms with E-state index in [0.29, 0.717) is 30.1 Å². The fourth-order valence-electron chi connectivity index (χ4n) is 9.47. The van der Waals surface area contributed by atoms with Crippen molar-refractivity contribution in [2.24, 2.45) is 52.3 Å². The molecule has 0 amide bonds. The monoisotopic (exact) mass is 492 g/mol. The highest BCUT2D eigenvalue weighted by Gasteiger charge is 2.63. The van der Waals surface area contributed by atoms with E-state index in [1.54, 1.807) is 13.8 Å². The van der Waals surface area contributed by atoms with Crippen LogP contribution in [0.5, 0.6) is 0 Å². The van der Waals surface area contributed by atoms with Crippen molar-refractivity contribution in [3.05, 3.63) is 0 Å². The molecule has 4 fully saturated rings. The molecule has 6 heteroatoms. The van der Waals surface area contributed by atoms with Crippen LogP contribution in [0.1, 0.15) is 92.4 Å². The number of hydrogen-bond acceptors (Lipinski definition) is 6. The number of ether oxygens (including phenoxy) is 2. The molecule has 0 aromatic heterocycles. The van der Waals surface area contributed by atoms with Gasteiger partial charge in [0.25, 0.3) is 0 Å². The van der Waals surface area contributed by atoms with Crippen LogP contribution in [-0.4, -0.2) is 47.6 Å². The van der Waals surface area contributed by atoms with Crippen LogP contribution in [0.25, 0.3) is 0 Å². The van der Waals surface area contributed by atoms with E-state index < -0.39 is 17.9 Å². The summed E-state index contributed by atoms with van der Waals surface area (Å²) in [5, 5.41) is 22.0. The molecule has 4 rings (SSSR count). The fraction of sp³-hybridized carbons (Fsp3) is 0.931. The van der Waals surface area contributed by atoms with Gasteiger partial charge in [-0.25, -0.2) is 0 Å². The minimum absolute atomic E-state index is 0.103. The second-order valence-corrected chi connectivity index (χ2v) is 12.7. The first kappa shape index (κ1) is 26.9. The molecule has 6 nitrogen and oxygen atoms in total. The summed E-state index contributed by atoms with van der Waals surface area (Å²) in [5.74, 6) is 0.641. The van der Waals surface area contributed by atoms with Gasteiger partial charge in [-0.05, 0) is 118 Å². The van der Waals surface area contributed by atoms with E-state index in [1.165, 1.54) is 12.8 Å². The van der Waals surface area contributed by atoms with Crippen LogP contribution in [-0.2, 0) is 19.1 Å². The van der Waals surface area contributed by atoms with Crippen LogP contribution in [0.3, 0.4) is 0 Å². The molecule has 0 aromatic carbocycles. The number of hydrogen-bond donors (Lipinski definition) is 2. The first-order chi connectivity index (χ1) is 16.6. The zero-order valence-corrected chi connectivity index (χ0v) is 22.5. The first-order valence-corrected chi connectivity index (χ1v) is 14.3. The Bertz CT molecular complexity index is 765. The van der Waals surface area contributed by atoms with E-state index in [1.807, 2.05) is 0 Å². The standard InChI is InChI=1S/C29H48O6/c1-6-34-26(32)21(27(33)35-7-2)14-17(3)22-10-11-23-20-9-8-18-15-19(30)12-13-28(18,4)24(20)16-25(31)29(22,23)5/h17-25,30-31H,6-16H2,1-5H3/t17?,18-,19-,20?,22-,23?,24?,25+,28+,29-/m1/s1. The maximum Gasteiger partial charge on any atom is 0.320 e. The van der Waals surface area contributed by atoms with Crippen LogP contribution >= 0.6 is 0 Å². The molecule has 4 saturated carbocycles. The van der Waals surface area contributed by atoms with Gasteiger partial charge in [0.05, 0.1) is 25.4 Å². The number of fused-ring (bicyclic) bond motifs is 5.